The van der Waals surface area contributed by atoms with Crippen molar-refractivity contribution in [1.82, 2.24) is 0 Å². The van der Waals surface area contributed by atoms with Crippen molar-refractivity contribution in [3.05, 3.63) is 36.5 Å². The highest BCUT2D eigenvalue weighted by Crippen LogP contribution is 2.17. The summed E-state index contributed by atoms with van der Waals surface area (Å²) in [6.07, 6.45) is 73.1. The molecule has 0 aromatic heterocycles. The van der Waals surface area contributed by atoms with E-state index in [0.29, 0.717) is 19.4 Å². The first-order valence-corrected chi connectivity index (χ1v) is 30.5. The van der Waals surface area contributed by atoms with Crippen LogP contribution in [0.4, 0.5) is 0 Å². The van der Waals surface area contributed by atoms with Gasteiger partial charge in [-0.05, 0) is 77.0 Å². The number of carbonyl (C=O) groups is 2. The van der Waals surface area contributed by atoms with Crippen molar-refractivity contribution in [2.24, 2.45) is 0 Å². The van der Waals surface area contributed by atoms with Crippen molar-refractivity contribution in [3.63, 3.8) is 0 Å². The second-order valence-electron chi connectivity index (χ2n) is 20.6. The molecule has 0 bridgehead atoms. The number of hydrogen-bond donors (Lipinski definition) is 0. The molecule has 0 saturated carbocycles. The number of ether oxygens (including phenoxy) is 3. The Hall–Kier alpha value is -1.88. The molecule has 1 atom stereocenters. The molecule has 68 heavy (non-hydrogen) atoms. The lowest BCUT2D eigenvalue weighted by molar-refractivity contribution is -0.163. The van der Waals surface area contributed by atoms with Gasteiger partial charge in [0.2, 0.25) is 0 Å². The van der Waals surface area contributed by atoms with Crippen LogP contribution in [0, 0.1) is 0 Å². The molecule has 0 heterocycles. The van der Waals surface area contributed by atoms with Crippen LogP contribution in [0.1, 0.15) is 329 Å². The average molecular weight is 956 g/mol. The molecule has 0 aromatic rings. The highest BCUT2D eigenvalue weighted by molar-refractivity contribution is 5.70. The van der Waals surface area contributed by atoms with Gasteiger partial charge in [-0.15, -0.1) is 0 Å². The van der Waals surface area contributed by atoms with Gasteiger partial charge in [0.05, 0.1) is 6.61 Å². The molecule has 5 nitrogen and oxygen atoms in total. The van der Waals surface area contributed by atoms with Gasteiger partial charge in [-0.3, -0.25) is 9.59 Å². The minimum Gasteiger partial charge on any atom is -0.462 e. The molecule has 0 aliphatic rings. The molecule has 0 aliphatic carbocycles. The van der Waals surface area contributed by atoms with Crippen LogP contribution in [-0.4, -0.2) is 37.9 Å². The Balaban J connectivity index is 4.25. The molecular weight excluding hydrogens is 837 g/mol. The fourth-order valence-electron chi connectivity index (χ4n) is 9.07. The highest BCUT2D eigenvalue weighted by atomic mass is 16.6. The zero-order valence-electron chi connectivity index (χ0n) is 46.1. The molecule has 0 saturated heterocycles. The zero-order chi connectivity index (χ0) is 49.2. The van der Waals surface area contributed by atoms with E-state index >= 15 is 0 Å². The van der Waals surface area contributed by atoms with Gasteiger partial charge in [0.25, 0.3) is 0 Å². The first kappa shape index (κ1) is 66.1. The minimum absolute atomic E-state index is 0.0855. The van der Waals surface area contributed by atoms with Gasteiger partial charge in [-0.1, -0.05) is 276 Å². The number of unbranched alkanes of at least 4 members (excludes halogenated alkanes) is 40. The lowest BCUT2D eigenvalue weighted by Gasteiger charge is -2.18. The van der Waals surface area contributed by atoms with Crippen LogP contribution in [0.2, 0.25) is 0 Å². The van der Waals surface area contributed by atoms with Crippen LogP contribution in [0.15, 0.2) is 36.5 Å². The van der Waals surface area contributed by atoms with E-state index in [1.807, 2.05) is 0 Å². The summed E-state index contributed by atoms with van der Waals surface area (Å²) < 4.78 is 17.5. The molecule has 0 fully saturated rings. The molecule has 0 aromatic carbocycles. The van der Waals surface area contributed by atoms with Crippen molar-refractivity contribution in [2.45, 2.75) is 335 Å². The van der Waals surface area contributed by atoms with Crippen LogP contribution in [-0.2, 0) is 23.8 Å². The molecule has 400 valence electrons. The van der Waals surface area contributed by atoms with Gasteiger partial charge in [-0.2, -0.15) is 0 Å². The molecule has 1 unspecified atom stereocenters. The van der Waals surface area contributed by atoms with E-state index in [1.165, 1.54) is 244 Å². The zero-order valence-corrected chi connectivity index (χ0v) is 46.1. The van der Waals surface area contributed by atoms with E-state index in [-0.39, 0.29) is 25.2 Å². The van der Waals surface area contributed by atoms with Crippen molar-refractivity contribution in [3.8, 4) is 0 Å². The third kappa shape index (κ3) is 56.7. The summed E-state index contributed by atoms with van der Waals surface area (Å²) in [4.78, 5) is 25.6. The van der Waals surface area contributed by atoms with Gasteiger partial charge in [0.1, 0.15) is 6.61 Å². The Labute approximate surface area is 425 Å². The largest absolute Gasteiger partial charge is 0.462 e. The predicted octanol–water partition coefficient (Wildman–Crippen LogP) is 20.9. The van der Waals surface area contributed by atoms with Crippen LogP contribution >= 0.6 is 0 Å². The third-order valence-electron chi connectivity index (χ3n) is 13.6. The molecule has 0 aliphatic heterocycles. The Kier molecular flexibility index (Phi) is 57.8. The number of rotatable bonds is 57. The van der Waals surface area contributed by atoms with E-state index in [0.717, 1.165) is 51.4 Å². The Bertz CT molecular complexity index is 1080. The summed E-state index contributed by atoms with van der Waals surface area (Å²) in [7, 11) is 0. The number of esters is 2. The Morgan fingerprint density at radius 3 is 1.01 bits per heavy atom. The summed E-state index contributed by atoms with van der Waals surface area (Å²) in [5.41, 5.74) is 0. The van der Waals surface area contributed by atoms with Gasteiger partial charge in [0, 0.05) is 19.4 Å². The van der Waals surface area contributed by atoms with Crippen LogP contribution in [0.3, 0.4) is 0 Å². The van der Waals surface area contributed by atoms with Crippen LogP contribution in [0.25, 0.3) is 0 Å². The maximum Gasteiger partial charge on any atom is 0.306 e. The lowest BCUT2D eigenvalue weighted by Crippen LogP contribution is -2.30. The number of hydrogen-bond acceptors (Lipinski definition) is 5. The predicted molar refractivity (Wildman–Crippen MR) is 298 cm³/mol. The fourth-order valence-corrected chi connectivity index (χ4v) is 9.07. The lowest BCUT2D eigenvalue weighted by atomic mass is 10.0. The van der Waals surface area contributed by atoms with Gasteiger partial charge in [0.15, 0.2) is 6.10 Å². The maximum atomic E-state index is 12.9. The van der Waals surface area contributed by atoms with Crippen LogP contribution < -0.4 is 0 Å². The molecule has 0 amide bonds. The molecule has 0 radical (unpaired) electrons. The highest BCUT2D eigenvalue weighted by Gasteiger charge is 2.17. The normalized spacial score (nSPS) is 12.3. The van der Waals surface area contributed by atoms with Gasteiger partial charge >= 0.3 is 11.9 Å². The van der Waals surface area contributed by atoms with E-state index in [4.69, 9.17) is 14.2 Å². The average Bonchev–Trinajstić information content (AvgIpc) is 3.34. The molecule has 0 spiro atoms. The van der Waals surface area contributed by atoms with E-state index < -0.39 is 6.10 Å². The Morgan fingerprint density at radius 1 is 0.324 bits per heavy atom. The summed E-state index contributed by atoms with van der Waals surface area (Å²) >= 11 is 0. The van der Waals surface area contributed by atoms with E-state index in [1.54, 1.807) is 0 Å². The molecule has 5 heteroatoms. The first-order valence-electron chi connectivity index (χ1n) is 30.5. The maximum absolute atomic E-state index is 12.9. The summed E-state index contributed by atoms with van der Waals surface area (Å²) in [5, 5.41) is 0. The first-order chi connectivity index (χ1) is 33.6. The van der Waals surface area contributed by atoms with Gasteiger partial charge < -0.3 is 14.2 Å². The smallest absolute Gasteiger partial charge is 0.306 e. The number of allylic oxidation sites excluding steroid dienone is 6. The van der Waals surface area contributed by atoms with E-state index in [2.05, 4.69) is 57.2 Å². The standard InChI is InChI=1S/C63H118O5/c1-4-7-10-13-16-19-22-25-28-31-34-37-40-43-46-49-52-55-58-66-59-61(68-63(65)57-54-51-48-45-42-39-36-33-30-27-24-21-18-15-12-9-6-3)60-67-62(64)56-53-50-47-44-41-38-35-32-29-26-23-20-17-14-11-8-5-2/h17,20,25-26,28-29,61H,4-16,18-19,21-24,27,30-60H2,1-3H3/b20-17-,28-25-,29-26-. The SMILES string of the molecule is CCCCC/C=C\C/C=C\CCCCCCCCCC(=O)OCC(COCCCCCCCCCC/C=C\CCCCCCCC)OC(=O)CCCCCCCCCCCCCCCCCCC. The van der Waals surface area contributed by atoms with Crippen molar-refractivity contribution in [1.29, 1.82) is 0 Å². The monoisotopic (exact) mass is 955 g/mol. The topological polar surface area (TPSA) is 61.8 Å². The van der Waals surface area contributed by atoms with Crippen molar-refractivity contribution in [2.75, 3.05) is 19.8 Å². The quantitative estimate of drug-likeness (QED) is 0.0345. The summed E-state index contributed by atoms with van der Waals surface area (Å²) in [6.45, 7) is 7.85. The van der Waals surface area contributed by atoms with Crippen molar-refractivity contribution < 1.29 is 23.8 Å². The summed E-state index contributed by atoms with van der Waals surface area (Å²) in [6, 6.07) is 0. The fraction of sp³-hybridized carbons (Fsp3) is 0.873. The van der Waals surface area contributed by atoms with E-state index in [9.17, 15) is 9.59 Å². The second-order valence-corrected chi connectivity index (χ2v) is 20.6. The third-order valence-corrected chi connectivity index (χ3v) is 13.6. The van der Waals surface area contributed by atoms with Gasteiger partial charge in [-0.25, -0.2) is 0 Å². The summed E-state index contributed by atoms with van der Waals surface area (Å²) in [5.74, 6) is -0.386. The molecule has 0 rings (SSSR count). The van der Waals surface area contributed by atoms with Crippen LogP contribution in [0.5, 0.6) is 0 Å². The second kappa shape index (κ2) is 59.4. The molecular formula is C63H118O5. The molecule has 0 N–H and O–H groups in total. The Morgan fingerprint density at radius 2 is 0.618 bits per heavy atom. The number of carbonyl (C=O) groups excluding carboxylic acids is 2. The minimum atomic E-state index is -0.538. The van der Waals surface area contributed by atoms with Crippen molar-refractivity contribution >= 4 is 11.9 Å².